The van der Waals surface area contributed by atoms with Crippen LogP contribution < -0.4 is 9.64 Å². The first-order chi connectivity index (χ1) is 12.8. The van der Waals surface area contributed by atoms with E-state index in [1.54, 1.807) is 0 Å². The summed E-state index contributed by atoms with van der Waals surface area (Å²) in [5.74, 6) is 0.528. The Balaban J connectivity index is 2.65. The van der Waals surface area contributed by atoms with Crippen LogP contribution in [0.1, 0.15) is 47.4 Å². The molecule has 1 heterocycles. The van der Waals surface area contributed by atoms with Gasteiger partial charge in [0.1, 0.15) is 11.3 Å². The van der Waals surface area contributed by atoms with Crippen LogP contribution in [-0.4, -0.2) is 31.2 Å². The van der Waals surface area contributed by atoms with Gasteiger partial charge in [0.2, 0.25) is 5.88 Å². The summed E-state index contributed by atoms with van der Waals surface area (Å²) in [5.41, 5.74) is 3.86. The summed E-state index contributed by atoms with van der Waals surface area (Å²) in [5, 5.41) is 0. The van der Waals surface area contributed by atoms with Crippen LogP contribution in [0.15, 0.2) is 22.7 Å². The van der Waals surface area contributed by atoms with Crippen molar-refractivity contribution in [1.29, 1.82) is 0 Å². The summed E-state index contributed by atoms with van der Waals surface area (Å²) in [7, 11) is 1.38. The van der Waals surface area contributed by atoms with Crippen LogP contribution in [0, 0.1) is 20.8 Å². The number of esters is 1. The summed E-state index contributed by atoms with van der Waals surface area (Å²) in [4.78, 5) is 19.3. The number of carbonyl (C=O) groups is 1. The van der Waals surface area contributed by atoms with Gasteiger partial charge in [0.15, 0.2) is 0 Å². The van der Waals surface area contributed by atoms with Gasteiger partial charge in [-0.05, 0) is 63.4 Å². The van der Waals surface area contributed by atoms with Crippen molar-refractivity contribution in [3.63, 3.8) is 0 Å². The van der Waals surface area contributed by atoms with E-state index in [4.69, 9.17) is 9.47 Å². The number of pyridine rings is 1. The molecule has 0 amide bonds. The molecule has 0 saturated carbocycles. The van der Waals surface area contributed by atoms with E-state index >= 15 is 0 Å². The number of aryl methyl sites for hydroxylation is 3. The Morgan fingerprint density at radius 1 is 1.15 bits per heavy atom. The van der Waals surface area contributed by atoms with Crippen molar-refractivity contribution in [2.75, 3.05) is 25.1 Å². The molecule has 5 nitrogen and oxygen atoms in total. The lowest BCUT2D eigenvalue weighted by molar-refractivity contribution is 0.0597. The minimum absolute atomic E-state index is 0.278. The largest absolute Gasteiger partial charge is 0.465 e. The number of carbonyl (C=O) groups excluding carboxylic acids is 1. The highest BCUT2D eigenvalue weighted by atomic mass is 79.9. The molecule has 146 valence electrons. The number of methoxy groups -OCH3 is 1. The van der Waals surface area contributed by atoms with Crippen LogP contribution >= 0.6 is 15.9 Å². The number of halogens is 1. The van der Waals surface area contributed by atoms with Crippen LogP contribution in [0.4, 0.5) is 5.69 Å². The molecule has 0 bridgehead atoms. The van der Waals surface area contributed by atoms with E-state index in [1.165, 1.54) is 7.11 Å². The SMILES string of the molecule is CCCN(CC)c1cc(C)nc(Oc2c(C)cc(Br)cc2C)c1C(=O)OC. The fourth-order valence-corrected chi connectivity index (χ4v) is 3.81. The van der Waals surface area contributed by atoms with Crippen molar-refractivity contribution < 1.29 is 14.3 Å². The zero-order chi connectivity index (χ0) is 20.1. The quantitative estimate of drug-likeness (QED) is 0.531. The molecule has 0 unspecified atom stereocenters. The Bertz CT molecular complexity index is 813. The zero-order valence-electron chi connectivity index (χ0n) is 16.9. The van der Waals surface area contributed by atoms with Crippen molar-refractivity contribution >= 4 is 27.6 Å². The van der Waals surface area contributed by atoms with E-state index in [0.717, 1.165) is 46.5 Å². The first-order valence-electron chi connectivity index (χ1n) is 9.11. The number of ether oxygens (including phenoxy) is 2. The molecule has 0 aliphatic heterocycles. The van der Waals surface area contributed by atoms with E-state index in [0.29, 0.717) is 11.3 Å². The molecule has 2 aromatic rings. The van der Waals surface area contributed by atoms with Crippen molar-refractivity contribution in [2.45, 2.75) is 41.0 Å². The van der Waals surface area contributed by atoms with Crippen LogP contribution in [-0.2, 0) is 4.74 Å². The lowest BCUT2D eigenvalue weighted by atomic mass is 10.1. The number of rotatable bonds is 7. The molecule has 0 fully saturated rings. The zero-order valence-corrected chi connectivity index (χ0v) is 18.4. The number of hydrogen-bond acceptors (Lipinski definition) is 5. The van der Waals surface area contributed by atoms with Gasteiger partial charge >= 0.3 is 5.97 Å². The average molecular weight is 435 g/mol. The molecule has 0 radical (unpaired) electrons. The second kappa shape index (κ2) is 9.22. The second-order valence-electron chi connectivity index (χ2n) is 6.50. The first-order valence-corrected chi connectivity index (χ1v) is 9.91. The van der Waals surface area contributed by atoms with Gasteiger partial charge in [-0.2, -0.15) is 0 Å². The van der Waals surface area contributed by atoms with Gasteiger partial charge in [0.25, 0.3) is 0 Å². The highest BCUT2D eigenvalue weighted by molar-refractivity contribution is 9.10. The molecular weight excluding hydrogens is 408 g/mol. The van der Waals surface area contributed by atoms with E-state index in [1.807, 2.05) is 39.0 Å². The molecule has 0 aliphatic carbocycles. The summed E-state index contributed by atoms with van der Waals surface area (Å²) in [6.07, 6.45) is 0.969. The van der Waals surface area contributed by atoms with E-state index in [-0.39, 0.29) is 5.88 Å². The molecule has 6 heteroatoms. The maximum atomic E-state index is 12.6. The topological polar surface area (TPSA) is 51.7 Å². The van der Waals surface area contributed by atoms with Crippen molar-refractivity contribution in [3.8, 4) is 11.6 Å². The predicted octanol–water partition coefficient (Wildman–Crippen LogP) is 5.58. The molecule has 1 aromatic heterocycles. The molecule has 0 saturated heterocycles. The first kappa shape index (κ1) is 21.2. The third kappa shape index (κ3) is 4.80. The summed E-state index contributed by atoms with van der Waals surface area (Å²) in [6, 6.07) is 5.87. The number of aromatic nitrogens is 1. The van der Waals surface area contributed by atoms with E-state index in [9.17, 15) is 4.79 Å². The Morgan fingerprint density at radius 2 is 1.78 bits per heavy atom. The van der Waals surface area contributed by atoms with Gasteiger partial charge < -0.3 is 14.4 Å². The Kier molecular flexibility index (Phi) is 7.25. The minimum atomic E-state index is -0.450. The third-order valence-electron chi connectivity index (χ3n) is 4.32. The molecule has 1 aromatic carbocycles. The molecule has 0 aliphatic rings. The number of nitrogens with zero attached hydrogens (tertiary/aromatic N) is 2. The maximum Gasteiger partial charge on any atom is 0.345 e. The van der Waals surface area contributed by atoms with E-state index < -0.39 is 5.97 Å². The number of anilines is 1. The van der Waals surface area contributed by atoms with Gasteiger partial charge in [0.05, 0.1) is 12.8 Å². The lowest BCUT2D eigenvalue weighted by Gasteiger charge is -2.26. The number of hydrogen-bond donors (Lipinski definition) is 0. The molecule has 0 atom stereocenters. The van der Waals surface area contributed by atoms with Crippen molar-refractivity contribution in [1.82, 2.24) is 4.98 Å². The average Bonchev–Trinajstić information content (AvgIpc) is 2.61. The van der Waals surface area contributed by atoms with Gasteiger partial charge in [-0.3, -0.25) is 0 Å². The molecular formula is C21H27BrN2O3. The van der Waals surface area contributed by atoms with Gasteiger partial charge in [0, 0.05) is 23.3 Å². The van der Waals surface area contributed by atoms with Crippen molar-refractivity contribution in [3.05, 3.63) is 45.1 Å². The minimum Gasteiger partial charge on any atom is -0.465 e. The second-order valence-corrected chi connectivity index (χ2v) is 7.42. The highest BCUT2D eigenvalue weighted by Gasteiger charge is 2.25. The Labute approximate surface area is 169 Å². The monoisotopic (exact) mass is 434 g/mol. The molecule has 0 N–H and O–H groups in total. The van der Waals surface area contributed by atoms with Crippen LogP contribution in [0.2, 0.25) is 0 Å². The van der Waals surface area contributed by atoms with Gasteiger partial charge in [-0.25, -0.2) is 9.78 Å². The molecule has 2 rings (SSSR count). The standard InChI is InChI=1S/C21H27BrN2O3/c1-7-9-24(8-2)17-12-15(5)23-20(18(17)21(25)26-6)27-19-13(3)10-16(22)11-14(19)4/h10-12H,7-9H2,1-6H3. The third-order valence-corrected chi connectivity index (χ3v) is 4.78. The van der Waals surface area contributed by atoms with Gasteiger partial charge in [-0.1, -0.05) is 22.9 Å². The lowest BCUT2D eigenvalue weighted by Crippen LogP contribution is -2.26. The Morgan fingerprint density at radius 3 is 2.30 bits per heavy atom. The van der Waals surface area contributed by atoms with Crippen molar-refractivity contribution in [2.24, 2.45) is 0 Å². The summed E-state index contributed by atoms with van der Waals surface area (Å²) in [6.45, 7) is 11.6. The molecule has 0 spiro atoms. The fourth-order valence-electron chi connectivity index (χ4n) is 3.12. The van der Waals surface area contributed by atoms with Crippen LogP contribution in [0.5, 0.6) is 11.6 Å². The van der Waals surface area contributed by atoms with E-state index in [2.05, 4.69) is 39.7 Å². The summed E-state index contributed by atoms with van der Waals surface area (Å²) >= 11 is 3.50. The van der Waals surface area contributed by atoms with Crippen LogP contribution in [0.3, 0.4) is 0 Å². The predicted molar refractivity (Wildman–Crippen MR) is 112 cm³/mol. The summed E-state index contributed by atoms with van der Waals surface area (Å²) < 4.78 is 12.2. The Hall–Kier alpha value is -2.08. The van der Waals surface area contributed by atoms with Gasteiger partial charge in [-0.15, -0.1) is 0 Å². The maximum absolute atomic E-state index is 12.6. The van der Waals surface area contributed by atoms with Crippen LogP contribution in [0.25, 0.3) is 0 Å². The number of benzene rings is 1. The normalized spacial score (nSPS) is 10.6. The fraction of sp³-hybridized carbons (Fsp3) is 0.429. The smallest absolute Gasteiger partial charge is 0.345 e. The highest BCUT2D eigenvalue weighted by Crippen LogP contribution is 2.36. The molecule has 27 heavy (non-hydrogen) atoms.